The molecule has 0 saturated carbocycles. The Morgan fingerprint density at radius 2 is 1.64 bits per heavy atom. The molecule has 1 aromatic rings. The van der Waals surface area contributed by atoms with Crippen LogP contribution in [0, 0.1) is 0 Å². The Kier molecular flexibility index (Phi) is 7.04. The number of carbonyl (C=O) groups is 1. The van der Waals surface area contributed by atoms with E-state index in [1.165, 1.54) is 31.4 Å². The van der Waals surface area contributed by atoms with Crippen molar-refractivity contribution in [2.45, 2.75) is 45.4 Å². The lowest BCUT2D eigenvalue weighted by Gasteiger charge is -2.36. The lowest BCUT2D eigenvalue weighted by Crippen LogP contribution is -2.48. The molecule has 0 aliphatic carbocycles. The highest BCUT2D eigenvalue weighted by molar-refractivity contribution is 6.30. The van der Waals surface area contributed by atoms with E-state index in [2.05, 4.69) is 11.8 Å². The number of amides is 1. The number of unbranched alkanes of at least 4 members (excludes halogenated alkanes) is 4. The first kappa shape index (κ1) is 17.1. The number of carbonyl (C=O) groups excluding carboxylic acids is 1. The van der Waals surface area contributed by atoms with Gasteiger partial charge in [-0.1, -0.05) is 44.2 Å². The third kappa shape index (κ3) is 5.20. The molecule has 2 rings (SSSR count). The van der Waals surface area contributed by atoms with Gasteiger partial charge in [0.25, 0.3) is 0 Å². The van der Waals surface area contributed by atoms with E-state index in [4.69, 9.17) is 11.6 Å². The minimum absolute atomic E-state index is 0.326. The van der Waals surface area contributed by atoms with Crippen LogP contribution in [0.3, 0.4) is 0 Å². The number of rotatable bonds is 7. The quantitative estimate of drug-likeness (QED) is 0.697. The summed E-state index contributed by atoms with van der Waals surface area (Å²) in [7, 11) is 0. The normalized spacial score (nSPS) is 15.2. The average molecular weight is 323 g/mol. The maximum absolute atomic E-state index is 12.2. The van der Waals surface area contributed by atoms with Crippen molar-refractivity contribution in [3.05, 3.63) is 29.3 Å². The minimum atomic E-state index is 0.326. The summed E-state index contributed by atoms with van der Waals surface area (Å²) in [5, 5.41) is 0.764. The summed E-state index contributed by atoms with van der Waals surface area (Å²) in [5.74, 6) is 0.326. The number of anilines is 1. The highest BCUT2D eigenvalue weighted by atomic mass is 35.5. The van der Waals surface area contributed by atoms with E-state index in [0.29, 0.717) is 12.3 Å². The van der Waals surface area contributed by atoms with Gasteiger partial charge in [0, 0.05) is 43.3 Å². The maximum atomic E-state index is 12.2. The predicted octanol–water partition coefficient (Wildman–Crippen LogP) is 4.35. The molecule has 3 nitrogen and oxygen atoms in total. The van der Waals surface area contributed by atoms with Gasteiger partial charge in [-0.05, 0) is 30.7 Å². The number of piperazine rings is 1. The highest BCUT2D eigenvalue weighted by Gasteiger charge is 2.20. The summed E-state index contributed by atoms with van der Waals surface area (Å²) in [6, 6.07) is 7.94. The van der Waals surface area contributed by atoms with E-state index in [1.807, 2.05) is 29.2 Å². The number of hydrogen-bond donors (Lipinski definition) is 0. The molecule has 0 bridgehead atoms. The fourth-order valence-electron chi connectivity index (χ4n) is 2.90. The van der Waals surface area contributed by atoms with Crippen molar-refractivity contribution in [2.75, 3.05) is 31.1 Å². The lowest BCUT2D eigenvalue weighted by atomic mass is 10.1. The Morgan fingerprint density at radius 3 is 2.27 bits per heavy atom. The second kappa shape index (κ2) is 9.04. The molecule has 0 N–H and O–H groups in total. The molecule has 4 heteroatoms. The number of benzene rings is 1. The van der Waals surface area contributed by atoms with Crippen LogP contribution >= 0.6 is 11.6 Å². The molecule has 1 amide bonds. The second-order valence-corrected chi connectivity index (χ2v) is 6.44. The first-order chi connectivity index (χ1) is 10.7. The van der Waals surface area contributed by atoms with E-state index in [9.17, 15) is 4.79 Å². The predicted molar refractivity (Wildman–Crippen MR) is 93.6 cm³/mol. The van der Waals surface area contributed by atoms with Crippen LogP contribution in [0.25, 0.3) is 0 Å². The van der Waals surface area contributed by atoms with Gasteiger partial charge in [-0.2, -0.15) is 0 Å². The monoisotopic (exact) mass is 322 g/mol. The van der Waals surface area contributed by atoms with Crippen LogP contribution in [0.2, 0.25) is 5.02 Å². The lowest BCUT2D eigenvalue weighted by molar-refractivity contribution is -0.131. The van der Waals surface area contributed by atoms with Gasteiger partial charge >= 0.3 is 0 Å². The van der Waals surface area contributed by atoms with Gasteiger partial charge in [0.15, 0.2) is 0 Å². The second-order valence-electron chi connectivity index (χ2n) is 6.01. The van der Waals surface area contributed by atoms with E-state index >= 15 is 0 Å². The Labute approximate surface area is 139 Å². The standard InChI is InChI=1S/C18H27ClN2O/c1-2-3-4-5-6-7-18(22)21-14-12-20(13-15-21)17-10-8-16(19)9-11-17/h8-11H,2-7,12-15H2,1H3. The van der Waals surface area contributed by atoms with E-state index < -0.39 is 0 Å². The average Bonchev–Trinajstić information content (AvgIpc) is 2.55. The third-order valence-corrected chi connectivity index (χ3v) is 4.57. The zero-order valence-electron chi connectivity index (χ0n) is 13.6. The van der Waals surface area contributed by atoms with E-state index in [-0.39, 0.29) is 0 Å². The van der Waals surface area contributed by atoms with E-state index in [0.717, 1.165) is 37.6 Å². The van der Waals surface area contributed by atoms with E-state index in [1.54, 1.807) is 0 Å². The SMILES string of the molecule is CCCCCCCC(=O)N1CCN(c2ccc(Cl)cc2)CC1. The first-order valence-electron chi connectivity index (χ1n) is 8.49. The van der Waals surface area contributed by atoms with Crippen molar-refractivity contribution in [2.24, 2.45) is 0 Å². The number of hydrogen-bond acceptors (Lipinski definition) is 2. The molecule has 1 aliphatic rings. The van der Waals surface area contributed by atoms with Crippen molar-refractivity contribution in [3.63, 3.8) is 0 Å². The van der Waals surface area contributed by atoms with Crippen LogP contribution in [0.1, 0.15) is 45.4 Å². The van der Waals surface area contributed by atoms with Crippen LogP contribution in [0.15, 0.2) is 24.3 Å². The van der Waals surface area contributed by atoms with Gasteiger partial charge in [-0.15, -0.1) is 0 Å². The van der Waals surface area contributed by atoms with Crippen LogP contribution in [-0.2, 0) is 4.79 Å². The minimum Gasteiger partial charge on any atom is -0.368 e. The molecule has 1 aliphatic heterocycles. The fourth-order valence-corrected chi connectivity index (χ4v) is 3.03. The summed E-state index contributed by atoms with van der Waals surface area (Å²) >= 11 is 5.92. The van der Waals surface area contributed by atoms with Gasteiger partial charge in [-0.3, -0.25) is 4.79 Å². The smallest absolute Gasteiger partial charge is 0.222 e. The molecule has 0 unspecified atom stereocenters. The van der Waals surface area contributed by atoms with Crippen LogP contribution < -0.4 is 4.90 Å². The fraction of sp³-hybridized carbons (Fsp3) is 0.611. The summed E-state index contributed by atoms with van der Waals surface area (Å²) in [6.07, 6.45) is 6.73. The highest BCUT2D eigenvalue weighted by Crippen LogP contribution is 2.19. The van der Waals surface area contributed by atoms with Crippen LogP contribution in [0.5, 0.6) is 0 Å². The molecule has 0 radical (unpaired) electrons. The topological polar surface area (TPSA) is 23.6 Å². The summed E-state index contributed by atoms with van der Waals surface area (Å²) < 4.78 is 0. The van der Waals surface area contributed by atoms with Crippen molar-refractivity contribution in [3.8, 4) is 0 Å². The molecule has 22 heavy (non-hydrogen) atoms. The van der Waals surface area contributed by atoms with Gasteiger partial charge in [0.1, 0.15) is 0 Å². The van der Waals surface area contributed by atoms with Crippen LogP contribution in [0.4, 0.5) is 5.69 Å². The molecule has 0 atom stereocenters. The van der Waals surface area contributed by atoms with Gasteiger partial charge in [0.2, 0.25) is 5.91 Å². The third-order valence-electron chi connectivity index (χ3n) is 4.32. The molecule has 1 fully saturated rings. The Hall–Kier alpha value is -1.22. The van der Waals surface area contributed by atoms with Gasteiger partial charge in [-0.25, -0.2) is 0 Å². The molecule has 1 aromatic carbocycles. The zero-order valence-corrected chi connectivity index (χ0v) is 14.3. The summed E-state index contributed by atoms with van der Waals surface area (Å²) in [4.78, 5) is 16.5. The Bertz CT molecular complexity index is 453. The zero-order chi connectivity index (χ0) is 15.8. The number of nitrogens with zero attached hydrogens (tertiary/aromatic N) is 2. The van der Waals surface area contributed by atoms with Crippen LogP contribution in [-0.4, -0.2) is 37.0 Å². The molecule has 122 valence electrons. The maximum Gasteiger partial charge on any atom is 0.222 e. The molecular formula is C18H27ClN2O. The van der Waals surface area contributed by atoms with Gasteiger partial charge in [0.05, 0.1) is 0 Å². The van der Waals surface area contributed by atoms with Gasteiger partial charge < -0.3 is 9.80 Å². The Morgan fingerprint density at radius 1 is 1.00 bits per heavy atom. The molecular weight excluding hydrogens is 296 g/mol. The van der Waals surface area contributed by atoms with Crippen molar-refractivity contribution in [1.82, 2.24) is 4.90 Å². The first-order valence-corrected chi connectivity index (χ1v) is 8.87. The van der Waals surface area contributed by atoms with Crippen molar-refractivity contribution >= 4 is 23.2 Å². The molecule has 0 spiro atoms. The summed E-state index contributed by atoms with van der Waals surface area (Å²) in [6.45, 7) is 5.69. The largest absolute Gasteiger partial charge is 0.368 e. The molecule has 1 heterocycles. The molecule has 1 saturated heterocycles. The molecule has 0 aromatic heterocycles. The Balaban J connectivity index is 1.70. The van der Waals surface area contributed by atoms with Crippen molar-refractivity contribution < 1.29 is 4.79 Å². The summed E-state index contributed by atoms with van der Waals surface area (Å²) in [5.41, 5.74) is 1.19. The number of halogens is 1. The van der Waals surface area contributed by atoms with Crippen molar-refractivity contribution in [1.29, 1.82) is 0 Å².